The summed E-state index contributed by atoms with van der Waals surface area (Å²) in [4.78, 5) is 14.1. The lowest BCUT2D eigenvalue weighted by atomic mass is 10.0. The van der Waals surface area contributed by atoms with Crippen molar-refractivity contribution >= 4 is 5.91 Å². The summed E-state index contributed by atoms with van der Waals surface area (Å²) in [6.45, 7) is 1.94. The average molecular weight is 271 g/mol. The van der Waals surface area contributed by atoms with E-state index >= 15 is 0 Å². The third kappa shape index (κ3) is 2.55. The molecule has 1 unspecified atom stereocenters. The molecule has 104 valence electrons. The average Bonchev–Trinajstić information content (AvgIpc) is 2.95. The summed E-state index contributed by atoms with van der Waals surface area (Å²) in [7, 11) is 0. The number of fused-ring (bicyclic) bond motifs is 1. The van der Waals surface area contributed by atoms with Crippen LogP contribution < -0.4 is 5.73 Å². The number of benzene rings is 1. The smallest absolute Gasteiger partial charge is 0.224 e. The first-order chi connectivity index (χ1) is 9.74. The molecule has 2 N–H and O–H groups in total. The van der Waals surface area contributed by atoms with E-state index in [1.165, 1.54) is 0 Å². The highest BCUT2D eigenvalue weighted by atomic mass is 16.2. The van der Waals surface area contributed by atoms with Crippen molar-refractivity contribution in [3.05, 3.63) is 48.0 Å². The minimum Gasteiger partial charge on any atom is -0.333 e. The van der Waals surface area contributed by atoms with Crippen LogP contribution in [0.3, 0.4) is 0 Å². The van der Waals surface area contributed by atoms with Gasteiger partial charge in [-0.2, -0.15) is 0 Å². The zero-order valence-corrected chi connectivity index (χ0v) is 11.1. The molecule has 1 aliphatic heterocycles. The van der Waals surface area contributed by atoms with Crippen molar-refractivity contribution in [2.24, 2.45) is 5.73 Å². The summed E-state index contributed by atoms with van der Waals surface area (Å²) >= 11 is 0. The van der Waals surface area contributed by atoms with Crippen LogP contribution in [-0.4, -0.2) is 32.1 Å². The summed E-state index contributed by atoms with van der Waals surface area (Å²) < 4.78 is 1.97. The van der Waals surface area contributed by atoms with Gasteiger partial charge in [-0.1, -0.05) is 30.3 Å². The minimum atomic E-state index is -0.261. The molecule has 0 fully saturated rings. The number of nitrogens with two attached hydrogens (primary N) is 1. The molecule has 6 nitrogen and oxygen atoms in total. The van der Waals surface area contributed by atoms with Crippen molar-refractivity contribution in [3.63, 3.8) is 0 Å². The van der Waals surface area contributed by atoms with Crippen LogP contribution in [0.5, 0.6) is 0 Å². The van der Waals surface area contributed by atoms with Gasteiger partial charge in [0.25, 0.3) is 0 Å². The van der Waals surface area contributed by atoms with E-state index in [1.807, 2.05) is 34.9 Å². The fraction of sp³-hybridized carbons (Fsp3) is 0.357. The maximum Gasteiger partial charge on any atom is 0.224 e. The van der Waals surface area contributed by atoms with Gasteiger partial charge >= 0.3 is 0 Å². The van der Waals surface area contributed by atoms with E-state index in [0.29, 0.717) is 19.5 Å². The Morgan fingerprint density at radius 1 is 1.30 bits per heavy atom. The number of amides is 1. The molecule has 3 rings (SSSR count). The van der Waals surface area contributed by atoms with Crippen molar-refractivity contribution in [2.45, 2.75) is 25.6 Å². The second-order valence-corrected chi connectivity index (χ2v) is 4.98. The Labute approximate surface area is 117 Å². The summed E-state index contributed by atoms with van der Waals surface area (Å²) in [5, 5.41) is 7.87. The first-order valence-electron chi connectivity index (χ1n) is 6.69. The highest BCUT2D eigenvalue weighted by Gasteiger charge is 2.23. The van der Waals surface area contributed by atoms with Crippen LogP contribution in [-0.2, 0) is 17.9 Å². The second kappa shape index (κ2) is 5.42. The number of hydrogen-bond donors (Lipinski definition) is 1. The molecule has 2 heterocycles. The number of hydrogen-bond acceptors (Lipinski definition) is 4. The van der Waals surface area contributed by atoms with Gasteiger partial charge in [0.15, 0.2) is 5.82 Å². The Morgan fingerprint density at radius 2 is 2.10 bits per heavy atom. The van der Waals surface area contributed by atoms with Crippen LogP contribution in [0.1, 0.15) is 23.9 Å². The van der Waals surface area contributed by atoms with Crippen molar-refractivity contribution in [1.82, 2.24) is 19.7 Å². The molecule has 0 bridgehead atoms. The van der Waals surface area contributed by atoms with Crippen LogP contribution in [0.25, 0.3) is 0 Å². The van der Waals surface area contributed by atoms with Crippen molar-refractivity contribution < 1.29 is 4.79 Å². The molecule has 1 aromatic carbocycles. The molecule has 0 spiro atoms. The van der Waals surface area contributed by atoms with Gasteiger partial charge in [0, 0.05) is 25.6 Å². The maximum absolute atomic E-state index is 12.3. The van der Waals surface area contributed by atoms with E-state index in [9.17, 15) is 4.79 Å². The van der Waals surface area contributed by atoms with Gasteiger partial charge in [-0.3, -0.25) is 4.79 Å². The molecule has 1 atom stereocenters. The van der Waals surface area contributed by atoms with Gasteiger partial charge in [0.1, 0.15) is 6.33 Å². The van der Waals surface area contributed by atoms with Crippen LogP contribution in [0.2, 0.25) is 0 Å². The van der Waals surface area contributed by atoms with Gasteiger partial charge in [-0.25, -0.2) is 0 Å². The highest BCUT2D eigenvalue weighted by molar-refractivity contribution is 5.77. The molecule has 2 aromatic rings. The van der Waals surface area contributed by atoms with E-state index < -0.39 is 0 Å². The Hall–Kier alpha value is -2.21. The van der Waals surface area contributed by atoms with Gasteiger partial charge in [-0.15, -0.1) is 10.2 Å². The number of nitrogens with zero attached hydrogens (tertiary/aromatic N) is 4. The summed E-state index contributed by atoms with van der Waals surface area (Å²) in [5.74, 6) is 0.897. The standard InChI is InChI=1S/C14H17N5O/c15-12(11-4-2-1-3-5-11)8-14(20)18-6-7-19-10-16-17-13(19)9-18/h1-5,10,12H,6-9,15H2. The van der Waals surface area contributed by atoms with E-state index in [4.69, 9.17) is 5.73 Å². The van der Waals surface area contributed by atoms with E-state index in [-0.39, 0.29) is 11.9 Å². The predicted octanol–water partition coefficient (Wildman–Crippen LogP) is 0.710. The van der Waals surface area contributed by atoms with E-state index in [0.717, 1.165) is 17.9 Å². The van der Waals surface area contributed by atoms with Crippen molar-refractivity contribution in [1.29, 1.82) is 0 Å². The monoisotopic (exact) mass is 271 g/mol. The van der Waals surface area contributed by atoms with E-state index in [2.05, 4.69) is 10.2 Å². The Kier molecular flexibility index (Phi) is 3.47. The Balaban J connectivity index is 1.63. The van der Waals surface area contributed by atoms with Crippen LogP contribution in [0.15, 0.2) is 36.7 Å². The number of aromatic nitrogens is 3. The normalized spacial score (nSPS) is 15.8. The zero-order valence-electron chi connectivity index (χ0n) is 11.1. The number of carbonyl (C=O) groups excluding carboxylic acids is 1. The van der Waals surface area contributed by atoms with Crippen LogP contribution >= 0.6 is 0 Å². The lowest BCUT2D eigenvalue weighted by Crippen LogP contribution is -2.39. The fourth-order valence-electron chi connectivity index (χ4n) is 2.41. The molecule has 6 heteroatoms. The fourth-order valence-corrected chi connectivity index (χ4v) is 2.41. The molecule has 0 radical (unpaired) electrons. The third-order valence-electron chi connectivity index (χ3n) is 3.61. The van der Waals surface area contributed by atoms with Crippen LogP contribution in [0.4, 0.5) is 0 Å². The molecule has 1 amide bonds. The highest BCUT2D eigenvalue weighted by Crippen LogP contribution is 2.17. The first-order valence-corrected chi connectivity index (χ1v) is 6.69. The van der Waals surface area contributed by atoms with Gasteiger partial charge in [0.2, 0.25) is 5.91 Å². The Morgan fingerprint density at radius 3 is 2.90 bits per heavy atom. The molecule has 0 aliphatic carbocycles. The van der Waals surface area contributed by atoms with E-state index in [1.54, 1.807) is 11.2 Å². The van der Waals surface area contributed by atoms with Gasteiger partial charge in [-0.05, 0) is 5.56 Å². The number of carbonyl (C=O) groups is 1. The van der Waals surface area contributed by atoms with Gasteiger partial charge in [0.05, 0.1) is 6.54 Å². The quantitative estimate of drug-likeness (QED) is 0.892. The topological polar surface area (TPSA) is 77.0 Å². The summed E-state index contributed by atoms with van der Waals surface area (Å²) in [6, 6.07) is 9.44. The lowest BCUT2D eigenvalue weighted by Gasteiger charge is -2.28. The first kappa shape index (κ1) is 12.8. The summed E-state index contributed by atoms with van der Waals surface area (Å²) in [5.41, 5.74) is 7.08. The molecule has 20 heavy (non-hydrogen) atoms. The lowest BCUT2D eigenvalue weighted by molar-refractivity contribution is -0.133. The predicted molar refractivity (Wildman–Crippen MR) is 73.4 cm³/mol. The summed E-state index contributed by atoms with van der Waals surface area (Å²) in [6.07, 6.45) is 2.02. The van der Waals surface area contributed by atoms with Gasteiger partial charge < -0.3 is 15.2 Å². The third-order valence-corrected chi connectivity index (χ3v) is 3.61. The Bertz CT molecular complexity index is 595. The number of rotatable bonds is 3. The maximum atomic E-state index is 12.3. The molecule has 1 aromatic heterocycles. The van der Waals surface area contributed by atoms with Crippen LogP contribution in [0, 0.1) is 0 Å². The SMILES string of the molecule is NC(CC(=O)N1CCn2cnnc2C1)c1ccccc1. The molecular weight excluding hydrogens is 254 g/mol. The molecule has 0 saturated carbocycles. The zero-order chi connectivity index (χ0) is 13.9. The second-order valence-electron chi connectivity index (χ2n) is 4.98. The molecule has 1 aliphatic rings. The molecule has 0 saturated heterocycles. The molecular formula is C14H17N5O. The van der Waals surface area contributed by atoms with Crippen molar-refractivity contribution in [3.8, 4) is 0 Å². The minimum absolute atomic E-state index is 0.0654. The largest absolute Gasteiger partial charge is 0.333 e. The van der Waals surface area contributed by atoms with Crippen molar-refractivity contribution in [2.75, 3.05) is 6.54 Å².